The van der Waals surface area contributed by atoms with Crippen molar-refractivity contribution in [2.45, 2.75) is 26.8 Å². The maximum atomic E-state index is 4.78. The van der Waals surface area contributed by atoms with Crippen molar-refractivity contribution in [3.8, 4) is 5.82 Å². The highest BCUT2D eigenvalue weighted by atomic mass is 15.3. The molecule has 0 amide bonds. The van der Waals surface area contributed by atoms with Crippen LogP contribution in [0.3, 0.4) is 0 Å². The predicted molar refractivity (Wildman–Crippen MR) is 89.8 cm³/mol. The lowest BCUT2D eigenvalue weighted by atomic mass is 10.0. The molecule has 3 aromatic rings. The van der Waals surface area contributed by atoms with Crippen molar-refractivity contribution in [3.05, 3.63) is 65.2 Å². The van der Waals surface area contributed by atoms with E-state index in [4.69, 9.17) is 4.98 Å². The van der Waals surface area contributed by atoms with E-state index in [9.17, 15) is 0 Å². The Hall–Kier alpha value is -2.69. The van der Waals surface area contributed by atoms with Crippen LogP contribution in [0.4, 0.5) is 5.82 Å². The molecule has 0 radical (unpaired) electrons. The first-order valence-corrected chi connectivity index (χ1v) is 7.88. The molecule has 0 bridgehead atoms. The molecule has 3 heterocycles. The van der Waals surface area contributed by atoms with Gasteiger partial charge in [-0.2, -0.15) is 5.10 Å². The Kier molecular flexibility index (Phi) is 3.33. The summed E-state index contributed by atoms with van der Waals surface area (Å²) in [5.74, 6) is 1.68. The van der Waals surface area contributed by atoms with E-state index in [1.807, 2.05) is 30.8 Å². The Bertz CT molecular complexity index is 852. The summed E-state index contributed by atoms with van der Waals surface area (Å²) in [6.07, 6.45) is 4.64. The van der Waals surface area contributed by atoms with Crippen molar-refractivity contribution in [2.75, 3.05) is 11.4 Å². The monoisotopic (exact) mass is 305 g/mol. The molecule has 2 aromatic heterocycles. The van der Waals surface area contributed by atoms with E-state index < -0.39 is 0 Å². The topological polar surface area (TPSA) is 46.8 Å². The molecule has 0 fully saturated rings. The van der Waals surface area contributed by atoms with Gasteiger partial charge in [0.25, 0.3) is 0 Å². The van der Waals surface area contributed by atoms with Crippen molar-refractivity contribution < 1.29 is 0 Å². The summed E-state index contributed by atoms with van der Waals surface area (Å²) in [5.41, 5.74) is 4.86. The summed E-state index contributed by atoms with van der Waals surface area (Å²) in [5, 5.41) is 4.50. The predicted octanol–water partition coefficient (Wildman–Crippen LogP) is 2.84. The van der Waals surface area contributed by atoms with Crippen molar-refractivity contribution in [1.29, 1.82) is 0 Å². The van der Waals surface area contributed by atoms with Crippen molar-refractivity contribution in [2.24, 2.45) is 0 Å². The maximum Gasteiger partial charge on any atom is 0.174 e. The number of rotatable bonds is 2. The van der Waals surface area contributed by atoms with E-state index in [0.717, 1.165) is 42.5 Å². The Labute approximate surface area is 135 Å². The Morgan fingerprint density at radius 3 is 2.57 bits per heavy atom. The number of aryl methyl sites for hydroxylation is 2. The van der Waals surface area contributed by atoms with Crippen molar-refractivity contribution in [3.63, 3.8) is 0 Å². The minimum absolute atomic E-state index is 0.770. The third-order valence-electron chi connectivity index (χ3n) is 4.29. The van der Waals surface area contributed by atoms with E-state index >= 15 is 0 Å². The minimum Gasteiger partial charge on any atom is -0.351 e. The van der Waals surface area contributed by atoms with Crippen molar-refractivity contribution >= 4 is 5.82 Å². The van der Waals surface area contributed by atoms with Gasteiger partial charge in [-0.3, -0.25) is 4.98 Å². The van der Waals surface area contributed by atoms with Gasteiger partial charge >= 0.3 is 0 Å². The molecular formula is C18H19N5. The average Bonchev–Trinajstić information content (AvgIpc) is 2.93. The van der Waals surface area contributed by atoms with Crippen molar-refractivity contribution in [1.82, 2.24) is 19.7 Å². The summed E-state index contributed by atoms with van der Waals surface area (Å²) < 4.78 is 1.85. The van der Waals surface area contributed by atoms with E-state index in [-0.39, 0.29) is 0 Å². The summed E-state index contributed by atoms with van der Waals surface area (Å²) in [4.78, 5) is 11.4. The number of benzene rings is 1. The number of hydrogen-bond donors (Lipinski definition) is 0. The van der Waals surface area contributed by atoms with Gasteiger partial charge in [-0.15, -0.1) is 0 Å². The van der Waals surface area contributed by atoms with E-state index in [0.29, 0.717) is 0 Å². The zero-order valence-corrected chi connectivity index (χ0v) is 13.4. The number of aromatic nitrogens is 4. The average molecular weight is 305 g/mol. The number of hydrogen-bond acceptors (Lipinski definition) is 4. The second-order valence-electron chi connectivity index (χ2n) is 6.01. The fraction of sp³-hybridized carbons (Fsp3) is 0.278. The summed E-state index contributed by atoms with van der Waals surface area (Å²) in [6.45, 7) is 5.87. The largest absolute Gasteiger partial charge is 0.351 e. The molecule has 0 saturated carbocycles. The lowest BCUT2D eigenvalue weighted by Crippen LogP contribution is -2.31. The highest BCUT2D eigenvalue weighted by Crippen LogP contribution is 2.23. The molecule has 0 N–H and O–H groups in total. The normalized spacial score (nSPS) is 13.9. The van der Waals surface area contributed by atoms with E-state index in [1.54, 1.807) is 6.20 Å². The van der Waals surface area contributed by atoms with Gasteiger partial charge < -0.3 is 4.90 Å². The van der Waals surface area contributed by atoms with Gasteiger partial charge in [0.1, 0.15) is 5.82 Å². The first-order valence-electron chi connectivity index (χ1n) is 7.88. The maximum absolute atomic E-state index is 4.78. The zero-order chi connectivity index (χ0) is 15.8. The van der Waals surface area contributed by atoms with Crippen LogP contribution in [0.1, 0.15) is 22.5 Å². The van der Waals surface area contributed by atoms with Crippen LogP contribution in [0, 0.1) is 13.8 Å². The second-order valence-corrected chi connectivity index (χ2v) is 6.01. The number of anilines is 1. The molecule has 0 unspecified atom stereocenters. The Balaban J connectivity index is 1.66. The first kappa shape index (κ1) is 13.9. The SMILES string of the molecule is Cc1cc(C)n(-c2cncc(N3CCc4ccccc4C3)n2)n1. The molecular weight excluding hydrogens is 286 g/mol. The lowest BCUT2D eigenvalue weighted by Gasteiger charge is -2.29. The first-order chi connectivity index (χ1) is 11.2. The third kappa shape index (κ3) is 2.59. The standard InChI is InChI=1S/C18H19N5/c1-13-9-14(2)23(21-13)18-11-19-10-17(20-18)22-8-7-15-5-3-4-6-16(15)12-22/h3-6,9-11H,7-8,12H2,1-2H3. The van der Waals surface area contributed by atoms with Crippen LogP contribution in [0.25, 0.3) is 5.82 Å². The van der Waals surface area contributed by atoms with Crippen LogP contribution < -0.4 is 4.90 Å². The summed E-state index contributed by atoms with van der Waals surface area (Å²) >= 11 is 0. The molecule has 5 nitrogen and oxygen atoms in total. The molecule has 1 aliphatic rings. The van der Waals surface area contributed by atoms with Gasteiger partial charge in [-0.25, -0.2) is 9.67 Å². The van der Waals surface area contributed by atoms with Gasteiger partial charge in [-0.05, 0) is 37.5 Å². The zero-order valence-electron chi connectivity index (χ0n) is 13.4. The molecule has 1 aliphatic heterocycles. The molecule has 0 saturated heterocycles. The van der Waals surface area contributed by atoms with Crippen LogP contribution in [-0.4, -0.2) is 26.3 Å². The van der Waals surface area contributed by atoms with Crippen LogP contribution in [0.2, 0.25) is 0 Å². The van der Waals surface area contributed by atoms with Gasteiger partial charge in [-0.1, -0.05) is 24.3 Å². The van der Waals surface area contributed by atoms with Gasteiger partial charge in [0.2, 0.25) is 0 Å². The fourth-order valence-corrected chi connectivity index (χ4v) is 3.15. The lowest BCUT2D eigenvalue weighted by molar-refractivity contribution is 0.710. The molecule has 1 aromatic carbocycles. The fourth-order valence-electron chi connectivity index (χ4n) is 3.15. The molecule has 4 rings (SSSR count). The van der Waals surface area contributed by atoms with Gasteiger partial charge in [0.05, 0.1) is 18.1 Å². The van der Waals surface area contributed by atoms with Crippen LogP contribution in [-0.2, 0) is 13.0 Å². The second kappa shape index (κ2) is 5.50. The Morgan fingerprint density at radius 1 is 1.00 bits per heavy atom. The van der Waals surface area contributed by atoms with Gasteiger partial charge in [0.15, 0.2) is 5.82 Å². The molecule has 0 spiro atoms. The third-order valence-corrected chi connectivity index (χ3v) is 4.29. The minimum atomic E-state index is 0.770. The number of nitrogens with zero attached hydrogens (tertiary/aromatic N) is 5. The highest BCUT2D eigenvalue weighted by molar-refractivity contribution is 5.44. The van der Waals surface area contributed by atoms with E-state index in [1.165, 1.54) is 11.1 Å². The van der Waals surface area contributed by atoms with Crippen LogP contribution in [0.5, 0.6) is 0 Å². The smallest absolute Gasteiger partial charge is 0.174 e. The number of fused-ring (bicyclic) bond motifs is 1. The molecule has 0 atom stereocenters. The molecule has 23 heavy (non-hydrogen) atoms. The summed E-state index contributed by atoms with van der Waals surface area (Å²) in [6, 6.07) is 10.7. The van der Waals surface area contributed by atoms with E-state index in [2.05, 4.69) is 39.2 Å². The summed E-state index contributed by atoms with van der Waals surface area (Å²) in [7, 11) is 0. The quantitative estimate of drug-likeness (QED) is 0.730. The Morgan fingerprint density at radius 2 is 1.78 bits per heavy atom. The van der Waals surface area contributed by atoms with Crippen LogP contribution in [0.15, 0.2) is 42.7 Å². The molecule has 0 aliphatic carbocycles. The highest BCUT2D eigenvalue weighted by Gasteiger charge is 2.18. The molecule has 116 valence electrons. The molecule has 5 heteroatoms. The van der Waals surface area contributed by atoms with Crippen LogP contribution >= 0.6 is 0 Å². The van der Waals surface area contributed by atoms with Gasteiger partial charge in [0, 0.05) is 18.8 Å².